The highest BCUT2D eigenvalue weighted by molar-refractivity contribution is 8.00. The van der Waals surface area contributed by atoms with Crippen molar-refractivity contribution in [3.05, 3.63) is 59.2 Å². The molecule has 2 aromatic rings. The van der Waals surface area contributed by atoms with Crippen molar-refractivity contribution < 1.29 is 19.1 Å². The quantitative estimate of drug-likeness (QED) is 0.314. The minimum absolute atomic E-state index is 0.00487. The molecule has 0 saturated carbocycles. The van der Waals surface area contributed by atoms with Crippen molar-refractivity contribution in [2.45, 2.75) is 56.2 Å². The minimum atomic E-state index is -0.518. The number of hydrogen-bond acceptors (Lipinski definition) is 6. The Morgan fingerprint density at radius 3 is 2.79 bits per heavy atom. The number of thioether (sulfide) groups is 1. The molecular weight excluding hydrogens is 436 g/mol. The molecule has 1 fully saturated rings. The second-order valence-electron chi connectivity index (χ2n) is 8.53. The predicted octanol–water partition coefficient (Wildman–Crippen LogP) is 3.88. The van der Waals surface area contributed by atoms with Gasteiger partial charge in [0.25, 0.3) is 0 Å². The van der Waals surface area contributed by atoms with E-state index < -0.39 is 11.8 Å². The van der Waals surface area contributed by atoms with Crippen molar-refractivity contribution in [3.8, 4) is 5.75 Å². The summed E-state index contributed by atoms with van der Waals surface area (Å²) in [6, 6.07) is 13.7. The summed E-state index contributed by atoms with van der Waals surface area (Å²) in [7, 11) is 0. The maximum atomic E-state index is 12.4. The second-order valence-corrected chi connectivity index (χ2v) is 9.70. The number of benzene rings is 2. The van der Waals surface area contributed by atoms with Crippen LogP contribution < -0.4 is 15.4 Å². The Bertz CT molecular complexity index is 1010. The zero-order chi connectivity index (χ0) is 23.2. The van der Waals surface area contributed by atoms with Crippen LogP contribution in [0.1, 0.15) is 48.8 Å². The molecule has 0 bridgehead atoms. The number of hydrogen-bond donors (Lipinski definition) is 2. The van der Waals surface area contributed by atoms with Gasteiger partial charge < -0.3 is 10.1 Å². The molecule has 2 aliphatic rings. The number of fused-ring (bicyclic) bond motifs is 1. The van der Waals surface area contributed by atoms with Crippen LogP contribution in [-0.2, 0) is 27.2 Å². The van der Waals surface area contributed by atoms with E-state index in [4.69, 9.17) is 4.74 Å². The van der Waals surface area contributed by atoms with Gasteiger partial charge in [0, 0.05) is 23.5 Å². The fraction of sp³-hybridized carbons (Fsp3) is 0.423. The van der Waals surface area contributed by atoms with Crippen LogP contribution in [0.25, 0.3) is 0 Å². The van der Waals surface area contributed by atoms with E-state index in [0.29, 0.717) is 37.4 Å². The van der Waals surface area contributed by atoms with Gasteiger partial charge in [-0.05, 0) is 42.0 Å². The molecule has 2 N–H and O–H groups in total. The Morgan fingerprint density at radius 2 is 2.03 bits per heavy atom. The van der Waals surface area contributed by atoms with Crippen LogP contribution >= 0.6 is 11.8 Å². The molecule has 2 aliphatic heterocycles. The number of carbonyl (C=O) groups excluding carboxylic acids is 3. The van der Waals surface area contributed by atoms with E-state index >= 15 is 0 Å². The third-order valence-electron chi connectivity index (χ3n) is 6.36. The summed E-state index contributed by atoms with van der Waals surface area (Å²) in [6.07, 6.45) is 4.19. The van der Waals surface area contributed by atoms with Crippen LogP contribution in [0.5, 0.6) is 5.75 Å². The molecule has 2 aromatic carbocycles. The summed E-state index contributed by atoms with van der Waals surface area (Å²) in [4.78, 5) is 36.0. The van der Waals surface area contributed by atoms with Gasteiger partial charge in [-0.15, -0.1) is 11.8 Å². The minimum Gasteiger partial charge on any atom is -0.491 e. The van der Waals surface area contributed by atoms with Gasteiger partial charge in [0.1, 0.15) is 5.75 Å². The largest absolute Gasteiger partial charge is 0.491 e. The lowest BCUT2D eigenvalue weighted by molar-refractivity contribution is -0.131. The van der Waals surface area contributed by atoms with Gasteiger partial charge >= 0.3 is 0 Å². The fourth-order valence-corrected chi connectivity index (χ4v) is 6.05. The van der Waals surface area contributed by atoms with E-state index in [-0.39, 0.29) is 17.1 Å². The Kier molecular flexibility index (Phi) is 7.83. The summed E-state index contributed by atoms with van der Waals surface area (Å²) in [5.41, 5.74) is 4.12. The molecule has 3 unspecified atom stereocenters. The van der Waals surface area contributed by atoms with Gasteiger partial charge in [-0.1, -0.05) is 49.7 Å². The van der Waals surface area contributed by atoms with Crippen LogP contribution in [-0.4, -0.2) is 41.8 Å². The Balaban J connectivity index is 1.76. The number of nitrogens with one attached hydrogen (secondary N) is 2. The molecule has 0 aliphatic carbocycles. The van der Waals surface area contributed by atoms with Crippen molar-refractivity contribution in [2.24, 2.45) is 0 Å². The lowest BCUT2D eigenvalue weighted by Gasteiger charge is -2.31. The van der Waals surface area contributed by atoms with E-state index in [1.807, 2.05) is 24.3 Å². The van der Waals surface area contributed by atoms with Gasteiger partial charge in [0.2, 0.25) is 11.7 Å². The monoisotopic (exact) mass is 466 g/mol. The number of ether oxygens (including phenoxy) is 1. The van der Waals surface area contributed by atoms with Gasteiger partial charge in [-0.3, -0.25) is 19.7 Å². The molecule has 3 atom stereocenters. The molecule has 1 amide bonds. The van der Waals surface area contributed by atoms with Crippen molar-refractivity contribution >= 4 is 35.4 Å². The SMILES string of the molecule is CCCCOc1ccc(C(Cc2ccccc2)C2SCNC2C(=O)C=O)c2c1NC(=O)CC2. The molecule has 7 heteroatoms. The van der Waals surface area contributed by atoms with Crippen LogP contribution in [0.2, 0.25) is 0 Å². The Labute approximate surface area is 198 Å². The highest BCUT2D eigenvalue weighted by atomic mass is 32.2. The van der Waals surface area contributed by atoms with E-state index in [1.165, 1.54) is 5.56 Å². The molecule has 33 heavy (non-hydrogen) atoms. The molecule has 0 radical (unpaired) electrons. The molecule has 4 rings (SSSR count). The van der Waals surface area contributed by atoms with Crippen molar-refractivity contribution in [3.63, 3.8) is 0 Å². The van der Waals surface area contributed by atoms with Crippen molar-refractivity contribution in [2.75, 3.05) is 17.8 Å². The predicted molar refractivity (Wildman–Crippen MR) is 131 cm³/mol. The summed E-state index contributed by atoms with van der Waals surface area (Å²) < 4.78 is 6.02. The number of rotatable bonds is 10. The van der Waals surface area contributed by atoms with E-state index in [9.17, 15) is 14.4 Å². The molecule has 1 saturated heterocycles. The summed E-state index contributed by atoms with van der Waals surface area (Å²) in [6.45, 7) is 2.71. The summed E-state index contributed by atoms with van der Waals surface area (Å²) >= 11 is 1.68. The Morgan fingerprint density at radius 1 is 1.21 bits per heavy atom. The van der Waals surface area contributed by atoms with Gasteiger partial charge in [-0.2, -0.15) is 0 Å². The molecule has 0 spiro atoms. The average Bonchev–Trinajstić information content (AvgIpc) is 3.33. The van der Waals surface area contributed by atoms with E-state index in [2.05, 4.69) is 35.8 Å². The fourth-order valence-electron chi connectivity index (χ4n) is 4.69. The standard InChI is InChI=1S/C26H30N2O4S/c1-2-3-13-32-22-11-9-18(19-10-12-23(31)28-24(19)22)20(14-17-7-5-4-6-8-17)26-25(21(30)15-29)27-16-33-26/h4-9,11,15,20,25-27H,2-3,10,12-14,16H2,1H3,(H,28,31). The maximum Gasteiger partial charge on any atom is 0.224 e. The average molecular weight is 467 g/mol. The number of unbranched alkanes of at least 4 members (excludes halogenated alkanes) is 1. The lowest BCUT2D eigenvalue weighted by atomic mass is 9.81. The summed E-state index contributed by atoms with van der Waals surface area (Å²) in [5, 5.41) is 6.17. The first-order valence-electron chi connectivity index (χ1n) is 11.6. The number of carbonyl (C=O) groups is 3. The number of ketones is 1. The van der Waals surface area contributed by atoms with Crippen LogP contribution in [0.3, 0.4) is 0 Å². The van der Waals surface area contributed by atoms with Crippen molar-refractivity contribution in [1.29, 1.82) is 0 Å². The molecule has 0 aromatic heterocycles. The Hall–Kier alpha value is -2.64. The first kappa shape index (κ1) is 23.5. The third kappa shape index (κ3) is 5.31. The van der Waals surface area contributed by atoms with E-state index in [0.717, 1.165) is 36.1 Å². The smallest absolute Gasteiger partial charge is 0.224 e. The molecule has 2 heterocycles. The molecular formula is C26H30N2O4S. The zero-order valence-electron chi connectivity index (χ0n) is 18.8. The highest BCUT2D eigenvalue weighted by Gasteiger charge is 2.40. The number of anilines is 1. The highest BCUT2D eigenvalue weighted by Crippen LogP contribution is 2.44. The normalized spacial score (nSPS) is 20.6. The zero-order valence-corrected chi connectivity index (χ0v) is 19.7. The molecule has 6 nitrogen and oxygen atoms in total. The number of Topliss-reactive ketones (excluding diaryl/α,β-unsaturated/α-hetero) is 1. The van der Waals surface area contributed by atoms with Gasteiger partial charge in [0.15, 0.2) is 6.29 Å². The van der Waals surface area contributed by atoms with Crippen LogP contribution in [0, 0.1) is 0 Å². The molecule has 174 valence electrons. The first-order chi connectivity index (χ1) is 16.1. The lowest BCUT2D eigenvalue weighted by Crippen LogP contribution is -2.42. The first-order valence-corrected chi connectivity index (χ1v) is 12.6. The third-order valence-corrected chi connectivity index (χ3v) is 7.68. The second kappa shape index (κ2) is 11.0. The maximum absolute atomic E-state index is 12.4. The summed E-state index contributed by atoms with van der Waals surface area (Å²) in [5.74, 6) is 0.897. The topological polar surface area (TPSA) is 84.5 Å². The van der Waals surface area contributed by atoms with Gasteiger partial charge in [-0.25, -0.2) is 0 Å². The van der Waals surface area contributed by atoms with E-state index in [1.54, 1.807) is 11.8 Å². The van der Waals surface area contributed by atoms with Crippen molar-refractivity contribution in [1.82, 2.24) is 5.32 Å². The number of amides is 1. The van der Waals surface area contributed by atoms with Gasteiger partial charge in [0.05, 0.1) is 18.3 Å². The van der Waals surface area contributed by atoms with Crippen LogP contribution in [0.4, 0.5) is 5.69 Å². The van der Waals surface area contributed by atoms with Crippen LogP contribution in [0.15, 0.2) is 42.5 Å². The number of aldehydes is 1.